The van der Waals surface area contributed by atoms with Crippen LogP contribution in [0.2, 0.25) is 0 Å². The molecule has 0 saturated heterocycles. The van der Waals surface area contributed by atoms with Crippen LogP contribution in [0.15, 0.2) is 47.6 Å². The topological polar surface area (TPSA) is 104 Å². The second-order valence-corrected chi connectivity index (χ2v) is 7.28. The Hall–Kier alpha value is -3.20. The maximum absolute atomic E-state index is 12.3. The first-order chi connectivity index (χ1) is 14.0. The minimum Gasteiger partial charge on any atom is -0.497 e. The number of hydrogen-bond donors (Lipinski definition) is 2. The van der Waals surface area contributed by atoms with Gasteiger partial charge in [0.15, 0.2) is 5.82 Å². The quantitative estimate of drug-likeness (QED) is 0.432. The molecule has 3 N–H and O–H groups in total. The SMILES string of the molecule is COc1ccc(Cc2nnc(SCC(=O)Nc3cc(C)ccc3OC)n2N)cc1. The molecule has 0 aliphatic rings. The van der Waals surface area contributed by atoms with E-state index >= 15 is 0 Å². The smallest absolute Gasteiger partial charge is 0.234 e. The lowest BCUT2D eigenvalue weighted by molar-refractivity contribution is -0.113. The lowest BCUT2D eigenvalue weighted by atomic mass is 10.1. The van der Waals surface area contributed by atoms with Crippen LogP contribution in [0.3, 0.4) is 0 Å². The highest BCUT2D eigenvalue weighted by Crippen LogP contribution is 2.26. The number of nitrogens with one attached hydrogen (secondary N) is 1. The van der Waals surface area contributed by atoms with Crippen molar-refractivity contribution in [3.05, 3.63) is 59.4 Å². The molecule has 0 bridgehead atoms. The summed E-state index contributed by atoms with van der Waals surface area (Å²) in [6, 6.07) is 13.3. The van der Waals surface area contributed by atoms with Crippen LogP contribution in [0.25, 0.3) is 0 Å². The van der Waals surface area contributed by atoms with E-state index in [-0.39, 0.29) is 11.7 Å². The third kappa shape index (κ3) is 5.20. The van der Waals surface area contributed by atoms with E-state index < -0.39 is 0 Å². The molecule has 3 aromatic rings. The molecule has 0 saturated carbocycles. The first-order valence-corrected chi connectivity index (χ1v) is 9.88. The Kier molecular flexibility index (Phi) is 6.61. The van der Waals surface area contributed by atoms with Gasteiger partial charge in [0.2, 0.25) is 11.1 Å². The number of nitrogens with zero attached hydrogens (tertiary/aromatic N) is 3. The van der Waals surface area contributed by atoms with Gasteiger partial charge in [-0.2, -0.15) is 0 Å². The Labute approximate surface area is 173 Å². The third-order valence-corrected chi connectivity index (χ3v) is 5.16. The normalized spacial score (nSPS) is 10.6. The van der Waals surface area contributed by atoms with E-state index in [1.807, 2.05) is 49.4 Å². The Bertz CT molecular complexity index is 988. The number of carbonyl (C=O) groups excluding carboxylic acids is 1. The lowest BCUT2D eigenvalue weighted by Crippen LogP contribution is -2.17. The van der Waals surface area contributed by atoms with E-state index in [1.54, 1.807) is 14.2 Å². The maximum Gasteiger partial charge on any atom is 0.234 e. The van der Waals surface area contributed by atoms with Gasteiger partial charge >= 0.3 is 0 Å². The number of amides is 1. The van der Waals surface area contributed by atoms with Gasteiger partial charge < -0.3 is 20.6 Å². The molecule has 1 aromatic heterocycles. The van der Waals surface area contributed by atoms with Crippen LogP contribution in [0.1, 0.15) is 17.0 Å². The fourth-order valence-electron chi connectivity index (χ4n) is 2.69. The summed E-state index contributed by atoms with van der Waals surface area (Å²) in [7, 11) is 3.19. The predicted molar refractivity (Wildman–Crippen MR) is 113 cm³/mol. The number of ether oxygens (including phenoxy) is 2. The second kappa shape index (κ2) is 9.33. The standard InChI is InChI=1S/C20H23N5O3S/c1-13-4-9-17(28-3)16(10-13)22-19(26)12-29-20-24-23-18(25(20)21)11-14-5-7-15(27-2)8-6-14/h4-10H,11-12,21H2,1-3H3,(H,22,26). The molecule has 0 spiro atoms. The summed E-state index contributed by atoms with van der Waals surface area (Å²) < 4.78 is 11.9. The number of methoxy groups -OCH3 is 2. The van der Waals surface area contributed by atoms with Gasteiger partial charge in [-0.3, -0.25) is 4.79 Å². The predicted octanol–water partition coefficient (Wildman–Crippen LogP) is 2.64. The van der Waals surface area contributed by atoms with Crippen molar-refractivity contribution in [1.82, 2.24) is 14.9 Å². The number of benzene rings is 2. The van der Waals surface area contributed by atoms with Gasteiger partial charge in [-0.1, -0.05) is 30.0 Å². The molecule has 0 unspecified atom stereocenters. The van der Waals surface area contributed by atoms with Gasteiger partial charge in [-0.05, 0) is 42.3 Å². The summed E-state index contributed by atoms with van der Waals surface area (Å²) in [6.45, 7) is 1.95. The van der Waals surface area contributed by atoms with Crippen LogP contribution in [-0.2, 0) is 11.2 Å². The molecule has 0 aliphatic heterocycles. The van der Waals surface area contributed by atoms with Gasteiger partial charge in [0.1, 0.15) is 11.5 Å². The zero-order valence-electron chi connectivity index (χ0n) is 16.5. The second-order valence-electron chi connectivity index (χ2n) is 6.33. The summed E-state index contributed by atoms with van der Waals surface area (Å²) in [4.78, 5) is 12.3. The van der Waals surface area contributed by atoms with Crippen molar-refractivity contribution in [1.29, 1.82) is 0 Å². The molecule has 0 radical (unpaired) electrons. The van der Waals surface area contributed by atoms with E-state index in [0.717, 1.165) is 16.9 Å². The average Bonchev–Trinajstić information content (AvgIpc) is 3.06. The number of nitrogens with two attached hydrogens (primary N) is 1. The minimum atomic E-state index is -0.182. The number of thioether (sulfide) groups is 1. The highest BCUT2D eigenvalue weighted by molar-refractivity contribution is 7.99. The molecular formula is C20H23N5O3S. The average molecular weight is 414 g/mol. The number of nitrogen functional groups attached to an aromatic ring is 1. The molecule has 3 rings (SSSR count). The van der Waals surface area contributed by atoms with Crippen molar-refractivity contribution in [2.24, 2.45) is 0 Å². The minimum absolute atomic E-state index is 0.148. The van der Waals surface area contributed by atoms with Crippen LogP contribution in [0, 0.1) is 6.92 Å². The zero-order chi connectivity index (χ0) is 20.8. The number of rotatable bonds is 8. The fraction of sp³-hybridized carbons (Fsp3) is 0.250. The molecule has 0 fully saturated rings. The Balaban J connectivity index is 1.60. The van der Waals surface area contributed by atoms with Crippen molar-refractivity contribution < 1.29 is 14.3 Å². The van der Waals surface area contributed by atoms with Gasteiger partial charge in [0.05, 0.1) is 25.7 Å². The summed E-state index contributed by atoms with van der Waals surface area (Å²) in [5.41, 5.74) is 2.69. The van der Waals surface area contributed by atoms with E-state index in [0.29, 0.717) is 28.8 Å². The van der Waals surface area contributed by atoms with Crippen LogP contribution in [0.5, 0.6) is 11.5 Å². The summed E-state index contributed by atoms with van der Waals surface area (Å²) in [5.74, 6) is 8.08. The number of aryl methyl sites for hydroxylation is 1. The molecule has 29 heavy (non-hydrogen) atoms. The van der Waals surface area contributed by atoms with E-state index in [2.05, 4.69) is 15.5 Å². The largest absolute Gasteiger partial charge is 0.497 e. The molecule has 9 heteroatoms. The molecule has 2 aromatic carbocycles. The summed E-state index contributed by atoms with van der Waals surface area (Å²) >= 11 is 1.22. The van der Waals surface area contributed by atoms with Crippen LogP contribution in [-0.4, -0.2) is 40.8 Å². The van der Waals surface area contributed by atoms with Gasteiger partial charge in [-0.15, -0.1) is 10.2 Å². The first-order valence-electron chi connectivity index (χ1n) is 8.89. The third-order valence-electron chi connectivity index (χ3n) is 4.22. The maximum atomic E-state index is 12.3. The van der Waals surface area contributed by atoms with E-state index in [1.165, 1.54) is 16.4 Å². The highest BCUT2D eigenvalue weighted by Gasteiger charge is 2.14. The number of carbonyl (C=O) groups is 1. The molecule has 152 valence electrons. The van der Waals surface area contributed by atoms with Crippen molar-refractivity contribution in [2.45, 2.75) is 18.5 Å². The lowest BCUT2D eigenvalue weighted by Gasteiger charge is -2.10. The molecule has 8 nitrogen and oxygen atoms in total. The fourth-order valence-corrected chi connectivity index (χ4v) is 3.36. The monoisotopic (exact) mass is 413 g/mol. The Morgan fingerprint density at radius 1 is 1.14 bits per heavy atom. The summed E-state index contributed by atoms with van der Waals surface area (Å²) in [6.07, 6.45) is 0.529. The van der Waals surface area contributed by atoms with E-state index in [4.69, 9.17) is 15.3 Å². The van der Waals surface area contributed by atoms with Crippen molar-refractivity contribution in [3.63, 3.8) is 0 Å². The van der Waals surface area contributed by atoms with Crippen LogP contribution in [0.4, 0.5) is 5.69 Å². The van der Waals surface area contributed by atoms with Crippen molar-refractivity contribution in [3.8, 4) is 11.5 Å². The Morgan fingerprint density at radius 3 is 2.59 bits per heavy atom. The molecule has 1 amide bonds. The van der Waals surface area contributed by atoms with Crippen LogP contribution < -0.4 is 20.6 Å². The highest BCUT2D eigenvalue weighted by atomic mass is 32.2. The van der Waals surface area contributed by atoms with Gasteiger partial charge in [0, 0.05) is 6.42 Å². The molecule has 1 heterocycles. The van der Waals surface area contributed by atoms with Gasteiger partial charge in [-0.25, -0.2) is 4.68 Å². The Morgan fingerprint density at radius 2 is 1.90 bits per heavy atom. The first kappa shape index (κ1) is 20.5. The summed E-state index contributed by atoms with van der Waals surface area (Å²) in [5, 5.41) is 11.6. The number of anilines is 1. The van der Waals surface area contributed by atoms with Gasteiger partial charge in [0.25, 0.3) is 0 Å². The number of aromatic nitrogens is 3. The molecular weight excluding hydrogens is 390 g/mol. The number of hydrogen-bond acceptors (Lipinski definition) is 7. The van der Waals surface area contributed by atoms with Crippen molar-refractivity contribution in [2.75, 3.05) is 31.1 Å². The molecule has 0 atom stereocenters. The van der Waals surface area contributed by atoms with Crippen LogP contribution >= 0.6 is 11.8 Å². The van der Waals surface area contributed by atoms with E-state index in [9.17, 15) is 4.79 Å². The molecule has 0 aliphatic carbocycles. The van der Waals surface area contributed by atoms with Crippen molar-refractivity contribution >= 4 is 23.4 Å². The zero-order valence-corrected chi connectivity index (χ0v) is 17.3.